The van der Waals surface area contributed by atoms with Gasteiger partial charge >= 0.3 is 0 Å². The molecule has 1 aliphatic rings. The number of carbonyl (C=O) groups excluding carboxylic acids is 2. The molecule has 1 saturated heterocycles. The van der Waals surface area contributed by atoms with Crippen LogP contribution in [0.4, 0.5) is 0 Å². The number of hydrogen-bond donors (Lipinski definition) is 2. The highest BCUT2D eigenvalue weighted by Gasteiger charge is 2.21. The van der Waals surface area contributed by atoms with Crippen molar-refractivity contribution in [1.29, 1.82) is 0 Å². The van der Waals surface area contributed by atoms with Crippen molar-refractivity contribution in [2.75, 3.05) is 39.8 Å². The van der Waals surface area contributed by atoms with Gasteiger partial charge in [0, 0.05) is 33.2 Å². The molecule has 0 saturated carbocycles. The maximum Gasteiger partial charge on any atom is 0.291 e. The number of aromatic nitrogens is 3. The predicted octanol–water partition coefficient (Wildman–Crippen LogP) is -1.69. The number of piperazine rings is 1. The summed E-state index contributed by atoms with van der Waals surface area (Å²) in [6.07, 6.45) is 1.26. The first-order valence-corrected chi connectivity index (χ1v) is 5.78. The van der Waals surface area contributed by atoms with Crippen molar-refractivity contribution in [2.45, 2.75) is 0 Å². The van der Waals surface area contributed by atoms with Gasteiger partial charge in [0.15, 0.2) is 0 Å². The van der Waals surface area contributed by atoms with Crippen molar-refractivity contribution < 1.29 is 9.59 Å². The van der Waals surface area contributed by atoms with E-state index in [1.165, 1.54) is 11.2 Å². The first-order chi connectivity index (χ1) is 8.68. The number of carbonyl (C=O) groups is 2. The minimum Gasteiger partial charge on any atom is -0.339 e. The molecule has 2 heterocycles. The van der Waals surface area contributed by atoms with E-state index in [2.05, 4.69) is 20.5 Å². The molecule has 8 heteroatoms. The van der Waals surface area contributed by atoms with Crippen LogP contribution in [0, 0.1) is 0 Å². The van der Waals surface area contributed by atoms with Gasteiger partial charge < -0.3 is 15.1 Å². The van der Waals surface area contributed by atoms with E-state index < -0.39 is 0 Å². The number of amides is 2. The number of nitrogens with zero attached hydrogens (tertiary/aromatic N) is 4. The molecular formula is C10H16N6O2. The quantitative estimate of drug-likeness (QED) is 0.669. The Hall–Kier alpha value is -1.96. The van der Waals surface area contributed by atoms with Gasteiger partial charge in [0.25, 0.3) is 5.91 Å². The van der Waals surface area contributed by atoms with E-state index in [-0.39, 0.29) is 24.2 Å². The largest absolute Gasteiger partial charge is 0.339 e. The van der Waals surface area contributed by atoms with E-state index in [0.29, 0.717) is 13.1 Å². The predicted molar refractivity (Wildman–Crippen MR) is 62.8 cm³/mol. The molecule has 2 amide bonds. The lowest BCUT2D eigenvalue weighted by molar-refractivity contribution is -0.132. The summed E-state index contributed by atoms with van der Waals surface area (Å²) in [6, 6.07) is 0. The van der Waals surface area contributed by atoms with Crippen LogP contribution in [0.15, 0.2) is 6.33 Å². The molecule has 18 heavy (non-hydrogen) atoms. The molecule has 0 aromatic carbocycles. The Bertz CT molecular complexity index is 412. The minimum atomic E-state index is -0.337. The third kappa shape index (κ3) is 2.83. The SMILES string of the molecule is CN(CC(=O)N1CCNCC1)C(=O)c1ncn[nH]1. The molecule has 0 bridgehead atoms. The van der Waals surface area contributed by atoms with E-state index in [1.54, 1.807) is 11.9 Å². The number of likely N-dealkylation sites (N-methyl/N-ethyl adjacent to an activating group) is 1. The number of H-pyrrole nitrogens is 1. The second-order valence-electron chi connectivity index (χ2n) is 4.13. The van der Waals surface area contributed by atoms with Crippen molar-refractivity contribution in [3.05, 3.63) is 12.2 Å². The Morgan fingerprint density at radius 3 is 2.78 bits per heavy atom. The van der Waals surface area contributed by atoms with Gasteiger partial charge in [-0.1, -0.05) is 0 Å². The highest BCUT2D eigenvalue weighted by atomic mass is 16.2. The van der Waals surface area contributed by atoms with Gasteiger partial charge in [-0.15, -0.1) is 0 Å². The third-order valence-corrected chi connectivity index (χ3v) is 2.81. The lowest BCUT2D eigenvalue weighted by atomic mass is 10.3. The van der Waals surface area contributed by atoms with Gasteiger partial charge in [0.05, 0.1) is 6.54 Å². The molecule has 0 atom stereocenters. The van der Waals surface area contributed by atoms with Crippen LogP contribution in [0.25, 0.3) is 0 Å². The summed E-state index contributed by atoms with van der Waals surface area (Å²) in [6.45, 7) is 3.02. The Labute approximate surface area is 104 Å². The third-order valence-electron chi connectivity index (χ3n) is 2.81. The van der Waals surface area contributed by atoms with Crippen LogP contribution >= 0.6 is 0 Å². The Kier molecular flexibility index (Phi) is 3.88. The van der Waals surface area contributed by atoms with Crippen molar-refractivity contribution in [3.8, 4) is 0 Å². The van der Waals surface area contributed by atoms with Gasteiger partial charge in [-0.05, 0) is 0 Å². The van der Waals surface area contributed by atoms with Crippen LogP contribution in [-0.2, 0) is 4.79 Å². The summed E-state index contributed by atoms with van der Waals surface area (Å²) in [7, 11) is 1.57. The summed E-state index contributed by atoms with van der Waals surface area (Å²) in [5.41, 5.74) is 0. The fraction of sp³-hybridized carbons (Fsp3) is 0.600. The summed E-state index contributed by atoms with van der Waals surface area (Å²) in [4.78, 5) is 30.6. The molecule has 0 unspecified atom stereocenters. The molecule has 1 aromatic rings. The normalized spacial score (nSPS) is 15.5. The molecule has 0 aliphatic carbocycles. The van der Waals surface area contributed by atoms with Crippen molar-refractivity contribution >= 4 is 11.8 Å². The highest BCUT2D eigenvalue weighted by Crippen LogP contribution is 1.99. The second-order valence-corrected chi connectivity index (χ2v) is 4.13. The van der Waals surface area contributed by atoms with Crippen LogP contribution in [0.5, 0.6) is 0 Å². The fourth-order valence-electron chi connectivity index (χ4n) is 1.78. The zero-order valence-electron chi connectivity index (χ0n) is 10.2. The van der Waals surface area contributed by atoms with E-state index >= 15 is 0 Å². The van der Waals surface area contributed by atoms with Gasteiger partial charge in [-0.3, -0.25) is 14.7 Å². The molecular weight excluding hydrogens is 236 g/mol. The van der Waals surface area contributed by atoms with Crippen LogP contribution in [0.3, 0.4) is 0 Å². The van der Waals surface area contributed by atoms with Crippen molar-refractivity contribution in [2.24, 2.45) is 0 Å². The lowest BCUT2D eigenvalue weighted by Crippen LogP contribution is -2.49. The highest BCUT2D eigenvalue weighted by molar-refractivity contribution is 5.93. The molecule has 0 radical (unpaired) electrons. The van der Waals surface area contributed by atoms with Gasteiger partial charge in [0.2, 0.25) is 11.7 Å². The van der Waals surface area contributed by atoms with Crippen molar-refractivity contribution in [3.63, 3.8) is 0 Å². The monoisotopic (exact) mass is 252 g/mol. The molecule has 2 N–H and O–H groups in total. The van der Waals surface area contributed by atoms with Crippen LogP contribution in [0.2, 0.25) is 0 Å². The Balaban J connectivity index is 1.88. The fourth-order valence-corrected chi connectivity index (χ4v) is 1.78. The van der Waals surface area contributed by atoms with Gasteiger partial charge in [-0.25, -0.2) is 4.98 Å². The zero-order valence-corrected chi connectivity index (χ0v) is 10.2. The Morgan fingerprint density at radius 2 is 2.17 bits per heavy atom. The van der Waals surface area contributed by atoms with E-state index in [1.807, 2.05) is 0 Å². The molecule has 8 nitrogen and oxygen atoms in total. The standard InChI is InChI=1S/C10H16N6O2/c1-15(10(18)9-12-7-13-14-9)6-8(17)16-4-2-11-3-5-16/h7,11H,2-6H2,1H3,(H,12,13,14). The molecule has 2 rings (SSSR count). The van der Waals surface area contributed by atoms with E-state index in [0.717, 1.165) is 13.1 Å². The molecule has 1 fully saturated rings. The maximum absolute atomic E-state index is 11.9. The second kappa shape index (κ2) is 5.58. The van der Waals surface area contributed by atoms with Crippen LogP contribution in [0.1, 0.15) is 10.6 Å². The Morgan fingerprint density at radius 1 is 1.44 bits per heavy atom. The first kappa shape index (κ1) is 12.5. The molecule has 0 spiro atoms. The summed E-state index contributed by atoms with van der Waals surface area (Å²) in [5.74, 6) is -0.242. The average molecular weight is 252 g/mol. The first-order valence-electron chi connectivity index (χ1n) is 5.78. The average Bonchev–Trinajstić information content (AvgIpc) is 2.92. The van der Waals surface area contributed by atoms with E-state index in [9.17, 15) is 9.59 Å². The summed E-state index contributed by atoms with van der Waals surface area (Å²) >= 11 is 0. The minimum absolute atomic E-state index is 0.0492. The number of rotatable bonds is 3. The lowest BCUT2D eigenvalue weighted by Gasteiger charge is -2.29. The van der Waals surface area contributed by atoms with Gasteiger partial charge in [0.1, 0.15) is 6.33 Å². The number of hydrogen-bond acceptors (Lipinski definition) is 5. The molecule has 98 valence electrons. The van der Waals surface area contributed by atoms with Crippen LogP contribution < -0.4 is 5.32 Å². The summed E-state index contributed by atoms with van der Waals surface area (Å²) < 4.78 is 0. The molecule has 1 aromatic heterocycles. The van der Waals surface area contributed by atoms with Crippen molar-refractivity contribution in [1.82, 2.24) is 30.3 Å². The number of aromatic amines is 1. The summed E-state index contributed by atoms with van der Waals surface area (Å²) in [5, 5.41) is 9.26. The topological polar surface area (TPSA) is 94.2 Å². The zero-order chi connectivity index (χ0) is 13.0. The van der Waals surface area contributed by atoms with Gasteiger partial charge in [-0.2, -0.15) is 5.10 Å². The molecule has 1 aliphatic heterocycles. The maximum atomic E-state index is 11.9. The van der Waals surface area contributed by atoms with E-state index in [4.69, 9.17) is 0 Å². The smallest absolute Gasteiger partial charge is 0.291 e. The van der Waals surface area contributed by atoms with Crippen LogP contribution in [-0.4, -0.2) is 76.6 Å². The number of nitrogens with one attached hydrogen (secondary N) is 2.